The summed E-state index contributed by atoms with van der Waals surface area (Å²) in [5, 5.41) is 49.7. The molecule has 0 radical (unpaired) electrons. The minimum absolute atomic E-state index is 0.0628. The van der Waals surface area contributed by atoms with Crippen molar-refractivity contribution in [2.45, 2.75) is 226 Å². The molecule has 0 fully saturated rings. The van der Waals surface area contributed by atoms with Gasteiger partial charge < -0.3 is 30.6 Å². The van der Waals surface area contributed by atoms with E-state index in [4.69, 9.17) is 30.6 Å². The lowest BCUT2D eigenvalue weighted by molar-refractivity contribution is -0.139. The highest BCUT2D eigenvalue weighted by atomic mass is 16.4. The normalized spacial score (nSPS) is 10.8. The summed E-state index contributed by atoms with van der Waals surface area (Å²) >= 11 is 0. The molecule has 300 valence electrons. The second-order valence-electron chi connectivity index (χ2n) is 13.4. The molecule has 0 saturated heterocycles. The average molecular weight is 721 g/mol. The Morgan fingerprint density at radius 1 is 0.380 bits per heavy atom. The van der Waals surface area contributed by atoms with Crippen LogP contribution in [0.2, 0.25) is 0 Å². The highest BCUT2D eigenvalue weighted by Crippen LogP contribution is 2.13. The molecule has 0 bridgehead atoms. The fourth-order valence-corrected chi connectivity index (χ4v) is 4.97. The van der Waals surface area contributed by atoms with E-state index >= 15 is 0 Å². The van der Waals surface area contributed by atoms with Crippen LogP contribution >= 0.6 is 0 Å². The lowest BCUT2D eigenvalue weighted by atomic mass is 10.0. The molecule has 0 rings (SSSR count). The molecule has 0 aliphatic rings. The first-order valence-corrected chi connectivity index (χ1v) is 20.1. The molecule has 0 aromatic rings. The summed E-state index contributed by atoms with van der Waals surface area (Å²) < 4.78 is 0. The van der Waals surface area contributed by atoms with Crippen molar-refractivity contribution in [1.29, 1.82) is 0 Å². The van der Waals surface area contributed by atoms with Crippen LogP contribution in [0.1, 0.15) is 220 Å². The van der Waals surface area contributed by atoms with Crippen LogP contribution in [0.4, 0.5) is 0 Å². The van der Waals surface area contributed by atoms with Gasteiger partial charge in [-0.2, -0.15) is 0 Å². The molecule has 0 saturated carbocycles. The molecule has 0 amide bonds. The van der Waals surface area contributed by atoms with E-state index in [1.54, 1.807) is 6.92 Å². The zero-order valence-electron chi connectivity index (χ0n) is 32.5. The van der Waals surface area contributed by atoms with Crippen LogP contribution in [0, 0.1) is 0 Å². The molecule has 1 unspecified atom stereocenters. The standard InChI is InChI=1S/C16H32O2.C14H28O2.C6H10O4.C4H10O2/c1-2-3-4-5-6-7-8-9-10-11-12-13-14-15-16(17)18;1-2-3-4-5-6-7-8-9-10-11-12-13-14(15)16;7-5(8)3-1-2-4-6(9)10;1-4(6)2-3-5/h2-15H2,1H3,(H,17,18);2-13H2,1H3,(H,15,16);1-4H2,(H,7,8)(H,9,10);4-6H,2-3H2,1H3. The van der Waals surface area contributed by atoms with Gasteiger partial charge in [0.2, 0.25) is 0 Å². The van der Waals surface area contributed by atoms with E-state index in [9.17, 15) is 19.2 Å². The Kier molecular flexibility index (Phi) is 53.4. The number of carboxylic acids is 4. The smallest absolute Gasteiger partial charge is 0.303 e. The molecular weight excluding hydrogens is 640 g/mol. The second-order valence-corrected chi connectivity index (χ2v) is 13.4. The number of rotatable bonds is 33. The Morgan fingerprint density at radius 2 is 0.560 bits per heavy atom. The van der Waals surface area contributed by atoms with Crippen molar-refractivity contribution < 1.29 is 49.8 Å². The van der Waals surface area contributed by atoms with Gasteiger partial charge in [-0.05, 0) is 39.0 Å². The maximum Gasteiger partial charge on any atom is 0.303 e. The Labute approximate surface area is 305 Å². The molecule has 0 aromatic heterocycles. The van der Waals surface area contributed by atoms with Crippen molar-refractivity contribution in [3.8, 4) is 0 Å². The zero-order chi connectivity index (χ0) is 38.5. The number of hydrogen-bond donors (Lipinski definition) is 6. The van der Waals surface area contributed by atoms with Crippen molar-refractivity contribution >= 4 is 23.9 Å². The van der Waals surface area contributed by atoms with Gasteiger partial charge in [0, 0.05) is 32.3 Å². The summed E-state index contributed by atoms with van der Waals surface area (Å²) in [6, 6.07) is 0. The highest BCUT2D eigenvalue weighted by Gasteiger charge is 2.00. The molecule has 0 aliphatic carbocycles. The SMILES string of the molecule is CC(O)CCO.CCCCCCCCCCCCCC(=O)O.CCCCCCCCCCCCCCCC(=O)O.O=C(O)CCCCC(=O)O. The minimum Gasteiger partial charge on any atom is -0.481 e. The first kappa shape index (κ1) is 54.6. The number of aliphatic hydroxyl groups excluding tert-OH is 2. The third-order valence-corrected chi connectivity index (χ3v) is 8.07. The number of carbonyl (C=O) groups is 4. The number of aliphatic hydroxyl groups is 2. The van der Waals surface area contributed by atoms with Crippen molar-refractivity contribution in [3.63, 3.8) is 0 Å². The van der Waals surface area contributed by atoms with Crippen molar-refractivity contribution in [1.82, 2.24) is 0 Å². The summed E-state index contributed by atoms with van der Waals surface area (Å²) in [5.41, 5.74) is 0. The third-order valence-electron chi connectivity index (χ3n) is 8.07. The van der Waals surface area contributed by atoms with Gasteiger partial charge in [-0.1, -0.05) is 155 Å². The molecule has 10 nitrogen and oxygen atoms in total. The van der Waals surface area contributed by atoms with Gasteiger partial charge in [0.25, 0.3) is 0 Å². The quantitative estimate of drug-likeness (QED) is 0.0356. The fourth-order valence-electron chi connectivity index (χ4n) is 4.97. The Balaban J connectivity index is -0.000000302. The van der Waals surface area contributed by atoms with Gasteiger partial charge in [-0.25, -0.2) is 0 Å². The summed E-state index contributed by atoms with van der Waals surface area (Å²) in [5.74, 6) is -3.05. The van der Waals surface area contributed by atoms with E-state index in [0.717, 1.165) is 25.7 Å². The van der Waals surface area contributed by atoms with E-state index in [2.05, 4.69) is 13.8 Å². The second kappa shape index (κ2) is 48.9. The Hall–Kier alpha value is -2.20. The lowest BCUT2D eigenvalue weighted by Gasteiger charge is -2.02. The van der Waals surface area contributed by atoms with E-state index in [0.29, 0.717) is 32.1 Å². The number of aliphatic carboxylic acids is 4. The number of unbranched alkanes of at least 4 members (excludes halogenated alkanes) is 23. The molecular formula is C40H80O10. The van der Waals surface area contributed by atoms with E-state index < -0.39 is 23.9 Å². The summed E-state index contributed by atoms with van der Waals surface area (Å²) in [7, 11) is 0. The van der Waals surface area contributed by atoms with Crippen molar-refractivity contribution in [2.75, 3.05) is 6.61 Å². The Morgan fingerprint density at radius 3 is 0.700 bits per heavy atom. The van der Waals surface area contributed by atoms with Crippen LogP contribution in [0.3, 0.4) is 0 Å². The van der Waals surface area contributed by atoms with Crippen LogP contribution in [-0.2, 0) is 19.2 Å². The maximum absolute atomic E-state index is 10.3. The van der Waals surface area contributed by atoms with Gasteiger partial charge in [-0.3, -0.25) is 19.2 Å². The molecule has 0 aromatic carbocycles. The highest BCUT2D eigenvalue weighted by molar-refractivity contribution is 5.68. The molecule has 0 heterocycles. The van der Waals surface area contributed by atoms with E-state index in [-0.39, 0.29) is 25.6 Å². The number of hydrogen-bond acceptors (Lipinski definition) is 6. The summed E-state index contributed by atoms with van der Waals surface area (Å²) in [6.07, 6.45) is 32.8. The van der Waals surface area contributed by atoms with Crippen LogP contribution in [-0.4, -0.2) is 67.2 Å². The number of carboxylic acid groups (broad SMARTS) is 4. The third kappa shape index (κ3) is 71.7. The van der Waals surface area contributed by atoms with Gasteiger partial charge in [0.1, 0.15) is 0 Å². The predicted molar refractivity (Wildman–Crippen MR) is 204 cm³/mol. The van der Waals surface area contributed by atoms with Crippen LogP contribution in [0.15, 0.2) is 0 Å². The van der Waals surface area contributed by atoms with Crippen molar-refractivity contribution in [2.24, 2.45) is 0 Å². The summed E-state index contributed by atoms with van der Waals surface area (Å²) in [4.78, 5) is 40.4. The van der Waals surface area contributed by atoms with Gasteiger partial charge in [-0.15, -0.1) is 0 Å². The van der Waals surface area contributed by atoms with E-state index in [1.165, 1.54) is 128 Å². The lowest BCUT2D eigenvalue weighted by Crippen LogP contribution is -2.00. The predicted octanol–water partition coefficient (Wildman–Crippen LogP) is 10.8. The maximum atomic E-state index is 10.3. The molecule has 1 atom stereocenters. The molecule has 0 spiro atoms. The fraction of sp³-hybridized carbons (Fsp3) is 0.900. The van der Waals surface area contributed by atoms with Crippen LogP contribution in [0.25, 0.3) is 0 Å². The van der Waals surface area contributed by atoms with Crippen LogP contribution < -0.4 is 0 Å². The first-order valence-electron chi connectivity index (χ1n) is 20.1. The molecule has 10 heteroatoms. The van der Waals surface area contributed by atoms with Gasteiger partial charge in [0.05, 0.1) is 6.10 Å². The summed E-state index contributed by atoms with van der Waals surface area (Å²) in [6.45, 7) is 6.24. The van der Waals surface area contributed by atoms with E-state index in [1.807, 2.05) is 0 Å². The average Bonchev–Trinajstić information content (AvgIpc) is 3.04. The first-order chi connectivity index (χ1) is 23.9. The largest absolute Gasteiger partial charge is 0.481 e. The monoisotopic (exact) mass is 721 g/mol. The van der Waals surface area contributed by atoms with Crippen molar-refractivity contribution in [3.05, 3.63) is 0 Å². The zero-order valence-corrected chi connectivity index (χ0v) is 32.5. The molecule has 6 N–H and O–H groups in total. The van der Waals surface area contributed by atoms with Gasteiger partial charge in [0.15, 0.2) is 0 Å². The van der Waals surface area contributed by atoms with Gasteiger partial charge >= 0.3 is 23.9 Å². The molecule has 50 heavy (non-hydrogen) atoms. The van der Waals surface area contributed by atoms with Crippen LogP contribution in [0.5, 0.6) is 0 Å². The minimum atomic E-state index is -0.870. The molecule has 0 aliphatic heterocycles. The Bertz CT molecular complexity index is 696. The topological polar surface area (TPSA) is 190 Å².